The zero-order chi connectivity index (χ0) is 19.5. The van der Waals surface area contributed by atoms with E-state index in [0.717, 1.165) is 11.1 Å². The first-order valence-corrected chi connectivity index (χ1v) is 8.93. The largest absolute Gasteiger partial charge is 0.374 e. The molecule has 28 heavy (non-hydrogen) atoms. The van der Waals surface area contributed by atoms with E-state index in [2.05, 4.69) is 11.4 Å². The maximum atomic E-state index is 12.8. The molecule has 0 spiro atoms. The van der Waals surface area contributed by atoms with E-state index in [1.54, 1.807) is 30.3 Å². The van der Waals surface area contributed by atoms with E-state index >= 15 is 0 Å². The third-order valence-electron chi connectivity index (χ3n) is 4.76. The second-order valence-electron chi connectivity index (χ2n) is 6.54. The van der Waals surface area contributed by atoms with Crippen LogP contribution < -0.4 is 10.2 Å². The molecule has 0 atom stereocenters. The average Bonchev–Trinajstić information content (AvgIpc) is 2.76. The number of nitrogens with one attached hydrogen (secondary N) is 1. The van der Waals surface area contributed by atoms with Crippen molar-refractivity contribution in [3.05, 3.63) is 83.9 Å². The molecule has 1 N–H and O–H groups in total. The molecule has 4 rings (SSSR count). The van der Waals surface area contributed by atoms with E-state index in [1.807, 2.05) is 42.5 Å². The fourth-order valence-electron chi connectivity index (χ4n) is 3.27. The third-order valence-corrected chi connectivity index (χ3v) is 4.76. The Morgan fingerprint density at radius 2 is 1.71 bits per heavy atom. The van der Waals surface area contributed by atoms with Gasteiger partial charge in [0.15, 0.2) is 5.78 Å². The van der Waals surface area contributed by atoms with Crippen molar-refractivity contribution < 1.29 is 9.59 Å². The third kappa shape index (κ3) is 3.36. The first kappa shape index (κ1) is 17.5. The molecule has 1 aliphatic rings. The number of Topliss-reactive ketones (excluding diaryl/α,β-unsaturated/α-hetero) is 1. The molecule has 0 saturated carbocycles. The van der Waals surface area contributed by atoms with Crippen molar-refractivity contribution in [1.29, 1.82) is 5.26 Å². The summed E-state index contributed by atoms with van der Waals surface area (Å²) < 4.78 is 0. The molecule has 0 fully saturated rings. The van der Waals surface area contributed by atoms with E-state index in [9.17, 15) is 9.59 Å². The number of benzene rings is 3. The van der Waals surface area contributed by atoms with Crippen molar-refractivity contribution in [1.82, 2.24) is 0 Å². The van der Waals surface area contributed by atoms with Crippen LogP contribution in [0.15, 0.2) is 72.8 Å². The lowest BCUT2D eigenvalue weighted by atomic mass is 10.0. The molecule has 0 unspecified atom stereocenters. The molecule has 0 aliphatic carbocycles. The fraction of sp³-hybridized carbons (Fsp3) is 0.0870. The van der Waals surface area contributed by atoms with Gasteiger partial charge in [0.25, 0.3) is 0 Å². The Morgan fingerprint density at radius 3 is 2.43 bits per heavy atom. The molecule has 3 aromatic carbocycles. The minimum atomic E-state index is -0.175. The lowest BCUT2D eigenvalue weighted by Crippen LogP contribution is -2.42. The maximum Gasteiger partial charge on any atom is 0.246 e. The fourth-order valence-corrected chi connectivity index (χ4v) is 3.27. The van der Waals surface area contributed by atoms with Gasteiger partial charge in [-0.1, -0.05) is 54.6 Å². The molecule has 3 aromatic rings. The number of anilines is 2. The van der Waals surface area contributed by atoms with Crippen LogP contribution in [0.5, 0.6) is 0 Å². The van der Waals surface area contributed by atoms with Gasteiger partial charge in [-0.3, -0.25) is 9.59 Å². The van der Waals surface area contributed by atoms with Crippen molar-refractivity contribution in [3.63, 3.8) is 0 Å². The first-order chi connectivity index (χ1) is 13.7. The number of ketones is 1. The first-order valence-electron chi connectivity index (χ1n) is 8.93. The summed E-state index contributed by atoms with van der Waals surface area (Å²) in [6.07, 6.45) is 0. The molecule has 5 heteroatoms. The van der Waals surface area contributed by atoms with Crippen LogP contribution >= 0.6 is 0 Å². The molecule has 0 saturated heterocycles. The van der Waals surface area contributed by atoms with E-state index in [4.69, 9.17) is 5.26 Å². The van der Waals surface area contributed by atoms with Crippen LogP contribution in [0.25, 0.3) is 11.1 Å². The van der Waals surface area contributed by atoms with Crippen molar-refractivity contribution >= 4 is 23.1 Å². The van der Waals surface area contributed by atoms with Gasteiger partial charge in [-0.25, -0.2) is 0 Å². The Bertz CT molecular complexity index is 1080. The van der Waals surface area contributed by atoms with Gasteiger partial charge in [-0.05, 0) is 29.3 Å². The number of rotatable bonds is 4. The van der Waals surface area contributed by atoms with E-state index in [1.165, 1.54) is 4.90 Å². The Hall–Kier alpha value is -3.91. The highest BCUT2D eigenvalue weighted by Gasteiger charge is 2.26. The number of carbonyl (C=O) groups excluding carboxylic acids is 2. The zero-order valence-corrected chi connectivity index (χ0v) is 15.1. The molecular formula is C23H17N3O2. The van der Waals surface area contributed by atoms with Gasteiger partial charge >= 0.3 is 0 Å². The van der Waals surface area contributed by atoms with Crippen molar-refractivity contribution in [2.24, 2.45) is 0 Å². The van der Waals surface area contributed by atoms with Crippen molar-refractivity contribution in [2.45, 2.75) is 0 Å². The summed E-state index contributed by atoms with van der Waals surface area (Å²) in [5.41, 5.74) is 4.48. The summed E-state index contributed by atoms with van der Waals surface area (Å²) >= 11 is 0. The van der Waals surface area contributed by atoms with Crippen LogP contribution in [0, 0.1) is 11.3 Å². The molecule has 1 heterocycles. The molecule has 0 bridgehead atoms. The van der Waals surface area contributed by atoms with Gasteiger partial charge < -0.3 is 10.2 Å². The molecule has 5 nitrogen and oxygen atoms in total. The van der Waals surface area contributed by atoms with Gasteiger partial charge in [0.1, 0.15) is 0 Å². The summed E-state index contributed by atoms with van der Waals surface area (Å²) in [5.74, 6) is -0.309. The van der Waals surface area contributed by atoms with Crippen LogP contribution in [0.3, 0.4) is 0 Å². The van der Waals surface area contributed by atoms with Crippen LogP contribution in [0.1, 0.15) is 15.9 Å². The van der Waals surface area contributed by atoms with Gasteiger partial charge in [0, 0.05) is 5.56 Å². The minimum Gasteiger partial charge on any atom is -0.374 e. The number of fused-ring (bicyclic) bond motifs is 1. The van der Waals surface area contributed by atoms with Gasteiger partial charge in [-0.2, -0.15) is 5.26 Å². The Balaban J connectivity index is 1.55. The summed E-state index contributed by atoms with van der Waals surface area (Å²) in [7, 11) is 0. The van der Waals surface area contributed by atoms with Crippen LogP contribution in [0.2, 0.25) is 0 Å². The Labute approximate surface area is 162 Å². The molecule has 1 aliphatic heterocycles. The second kappa shape index (κ2) is 7.37. The zero-order valence-electron chi connectivity index (χ0n) is 15.1. The number of carbonyl (C=O) groups is 2. The van der Waals surface area contributed by atoms with E-state index in [-0.39, 0.29) is 24.8 Å². The highest BCUT2D eigenvalue weighted by Crippen LogP contribution is 2.30. The smallest absolute Gasteiger partial charge is 0.246 e. The van der Waals surface area contributed by atoms with Crippen LogP contribution in [-0.4, -0.2) is 24.8 Å². The quantitative estimate of drug-likeness (QED) is 0.711. The predicted molar refractivity (Wildman–Crippen MR) is 108 cm³/mol. The van der Waals surface area contributed by atoms with Crippen LogP contribution in [0.4, 0.5) is 11.4 Å². The predicted octanol–water partition coefficient (Wildman–Crippen LogP) is 3.87. The topological polar surface area (TPSA) is 73.2 Å². The lowest BCUT2D eigenvalue weighted by Gasteiger charge is -2.29. The monoisotopic (exact) mass is 367 g/mol. The SMILES string of the molecule is N#Cc1ccc2c(c1)NCC(=O)N2CC(=O)c1ccc(-c2ccccc2)cc1. The summed E-state index contributed by atoms with van der Waals surface area (Å²) in [5, 5.41) is 12.0. The van der Waals surface area contributed by atoms with E-state index in [0.29, 0.717) is 22.5 Å². The highest BCUT2D eigenvalue weighted by molar-refractivity contribution is 6.09. The molecule has 136 valence electrons. The van der Waals surface area contributed by atoms with Crippen molar-refractivity contribution in [2.75, 3.05) is 23.3 Å². The molecular weight excluding hydrogens is 350 g/mol. The molecule has 0 radical (unpaired) electrons. The van der Waals surface area contributed by atoms with Gasteiger partial charge in [0.05, 0.1) is 36.1 Å². The van der Waals surface area contributed by atoms with Crippen LogP contribution in [-0.2, 0) is 4.79 Å². The average molecular weight is 367 g/mol. The second-order valence-corrected chi connectivity index (χ2v) is 6.54. The summed E-state index contributed by atoms with van der Waals surface area (Å²) in [6, 6.07) is 24.4. The number of hydrogen-bond acceptors (Lipinski definition) is 4. The minimum absolute atomic E-state index is 0.0376. The molecule has 0 aromatic heterocycles. The summed E-state index contributed by atoms with van der Waals surface area (Å²) in [4.78, 5) is 26.6. The summed E-state index contributed by atoms with van der Waals surface area (Å²) in [6.45, 7) is 0.0617. The maximum absolute atomic E-state index is 12.8. The Morgan fingerprint density at radius 1 is 1.00 bits per heavy atom. The van der Waals surface area contributed by atoms with Crippen molar-refractivity contribution in [3.8, 4) is 17.2 Å². The Kier molecular flexibility index (Phi) is 4.61. The number of amides is 1. The van der Waals surface area contributed by atoms with E-state index < -0.39 is 0 Å². The number of hydrogen-bond donors (Lipinski definition) is 1. The van der Waals surface area contributed by atoms with Gasteiger partial charge in [-0.15, -0.1) is 0 Å². The number of nitriles is 1. The number of nitrogens with zero attached hydrogens (tertiary/aromatic N) is 2. The lowest BCUT2D eigenvalue weighted by molar-refractivity contribution is -0.117. The molecule has 1 amide bonds. The van der Waals surface area contributed by atoms with Gasteiger partial charge in [0.2, 0.25) is 5.91 Å². The standard InChI is InChI=1S/C23H17N3O2/c24-13-16-6-11-21-20(12-16)25-14-23(28)26(21)15-22(27)19-9-7-18(8-10-19)17-4-2-1-3-5-17/h1-12,25H,14-15H2. The normalized spacial score (nSPS) is 12.7. The highest BCUT2D eigenvalue weighted by atomic mass is 16.2.